The fourth-order valence-corrected chi connectivity index (χ4v) is 5.26. The van der Waals surface area contributed by atoms with Gasteiger partial charge in [0.15, 0.2) is 0 Å². The molecule has 2 aliphatic rings. The van der Waals surface area contributed by atoms with Gasteiger partial charge in [-0.15, -0.1) is 0 Å². The summed E-state index contributed by atoms with van der Waals surface area (Å²) in [7, 11) is 2.17. The second kappa shape index (κ2) is 9.47. The van der Waals surface area contributed by atoms with Gasteiger partial charge in [-0.2, -0.15) is 12.6 Å². The SMILES string of the molecule is CN(C(=S)Cc1ccc(Cl)c(Cl)c1)C1CCC(S)CCC1N1CCCC1. The van der Waals surface area contributed by atoms with Crippen molar-refractivity contribution in [1.82, 2.24) is 9.80 Å². The lowest BCUT2D eigenvalue weighted by Gasteiger charge is -2.40. The largest absolute Gasteiger partial charge is 0.364 e. The van der Waals surface area contributed by atoms with Gasteiger partial charge in [-0.25, -0.2) is 0 Å². The third-order valence-electron chi connectivity index (χ3n) is 5.88. The van der Waals surface area contributed by atoms with E-state index in [1.54, 1.807) is 0 Å². The van der Waals surface area contributed by atoms with Crippen LogP contribution in [0.2, 0.25) is 10.0 Å². The molecule has 3 atom stereocenters. The predicted molar refractivity (Wildman–Crippen MR) is 120 cm³/mol. The highest BCUT2D eigenvalue weighted by molar-refractivity contribution is 7.81. The first-order valence-corrected chi connectivity index (χ1v) is 11.3. The normalized spacial score (nSPS) is 27.3. The average molecular weight is 431 g/mol. The molecule has 0 aromatic heterocycles. The van der Waals surface area contributed by atoms with Crippen molar-refractivity contribution in [2.24, 2.45) is 0 Å². The summed E-state index contributed by atoms with van der Waals surface area (Å²) in [4.78, 5) is 6.02. The maximum Gasteiger partial charge on any atom is 0.0824 e. The molecule has 1 aromatic rings. The fourth-order valence-electron chi connectivity index (χ4n) is 4.34. The van der Waals surface area contributed by atoms with Crippen molar-refractivity contribution in [3.63, 3.8) is 0 Å². The predicted octanol–water partition coefficient (Wildman–Crippen LogP) is 5.50. The highest BCUT2D eigenvalue weighted by atomic mass is 35.5. The van der Waals surface area contributed by atoms with Gasteiger partial charge < -0.3 is 4.90 Å². The molecule has 3 rings (SSSR count). The van der Waals surface area contributed by atoms with Crippen LogP contribution in [0.15, 0.2) is 18.2 Å². The Kier molecular flexibility index (Phi) is 7.55. The van der Waals surface area contributed by atoms with Crippen LogP contribution in [-0.4, -0.2) is 52.3 Å². The first-order chi connectivity index (χ1) is 12.5. The number of likely N-dealkylation sites (tertiary alicyclic amines) is 1. The summed E-state index contributed by atoms with van der Waals surface area (Å²) in [6.07, 6.45) is 8.13. The Hall–Kier alpha value is -0.0000000000000000763. The molecule has 1 saturated carbocycles. The lowest BCUT2D eigenvalue weighted by atomic mass is 9.99. The smallest absolute Gasteiger partial charge is 0.0824 e. The summed E-state index contributed by atoms with van der Waals surface area (Å²) in [5.41, 5.74) is 1.12. The zero-order chi connectivity index (χ0) is 18.7. The lowest BCUT2D eigenvalue weighted by Crippen LogP contribution is -2.51. The van der Waals surface area contributed by atoms with E-state index in [1.807, 2.05) is 18.2 Å². The van der Waals surface area contributed by atoms with E-state index in [9.17, 15) is 0 Å². The molecule has 1 saturated heterocycles. The Bertz CT molecular complexity index is 634. The minimum absolute atomic E-state index is 0.473. The molecule has 0 N–H and O–H groups in total. The number of thiol groups is 1. The van der Waals surface area contributed by atoms with Crippen molar-refractivity contribution < 1.29 is 0 Å². The van der Waals surface area contributed by atoms with Crippen molar-refractivity contribution in [1.29, 1.82) is 0 Å². The highest BCUT2D eigenvalue weighted by Gasteiger charge is 2.35. The summed E-state index contributed by atoms with van der Waals surface area (Å²) in [5.74, 6) is 0. The third-order valence-corrected chi connectivity index (χ3v) is 7.56. The van der Waals surface area contributed by atoms with Gasteiger partial charge in [0, 0.05) is 30.8 Å². The van der Waals surface area contributed by atoms with Gasteiger partial charge >= 0.3 is 0 Å². The van der Waals surface area contributed by atoms with Crippen molar-refractivity contribution in [3.8, 4) is 0 Å². The van der Waals surface area contributed by atoms with Gasteiger partial charge in [0.2, 0.25) is 0 Å². The number of thiocarbonyl (C=S) groups is 1. The zero-order valence-corrected chi connectivity index (χ0v) is 18.6. The van der Waals surface area contributed by atoms with Crippen LogP contribution in [0.5, 0.6) is 0 Å². The second-order valence-electron chi connectivity index (χ2n) is 7.62. The summed E-state index contributed by atoms with van der Waals surface area (Å²) in [6.45, 7) is 2.46. The van der Waals surface area contributed by atoms with Crippen molar-refractivity contribution in [3.05, 3.63) is 33.8 Å². The molecule has 1 aliphatic carbocycles. The third kappa shape index (κ3) is 5.08. The molecule has 3 unspecified atom stereocenters. The first-order valence-electron chi connectivity index (χ1n) is 9.57. The Morgan fingerprint density at radius 2 is 1.85 bits per heavy atom. The molecular formula is C20H28Cl2N2S2. The van der Waals surface area contributed by atoms with Crippen LogP contribution in [0.25, 0.3) is 0 Å². The maximum absolute atomic E-state index is 6.17. The van der Waals surface area contributed by atoms with E-state index in [4.69, 9.17) is 48.0 Å². The fraction of sp³-hybridized carbons (Fsp3) is 0.650. The molecule has 144 valence electrons. The summed E-state index contributed by atoms with van der Waals surface area (Å²) >= 11 is 22.8. The van der Waals surface area contributed by atoms with Crippen molar-refractivity contribution >= 4 is 53.0 Å². The number of halogens is 2. The van der Waals surface area contributed by atoms with Crippen LogP contribution >= 0.6 is 48.0 Å². The Morgan fingerprint density at radius 3 is 2.54 bits per heavy atom. The van der Waals surface area contributed by atoms with E-state index >= 15 is 0 Å². The van der Waals surface area contributed by atoms with Gasteiger partial charge in [-0.3, -0.25) is 4.90 Å². The monoisotopic (exact) mass is 430 g/mol. The van der Waals surface area contributed by atoms with E-state index in [0.717, 1.165) is 29.8 Å². The number of benzene rings is 1. The molecule has 0 radical (unpaired) electrons. The van der Waals surface area contributed by atoms with Gasteiger partial charge in [0.1, 0.15) is 0 Å². The van der Waals surface area contributed by atoms with Crippen LogP contribution in [-0.2, 0) is 6.42 Å². The molecule has 2 fully saturated rings. The van der Waals surface area contributed by atoms with E-state index in [-0.39, 0.29) is 0 Å². The maximum atomic E-state index is 6.17. The van der Waals surface area contributed by atoms with Gasteiger partial charge in [-0.1, -0.05) is 41.5 Å². The number of hydrogen-bond donors (Lipinski definition) is 1. The van der Waals surface area contributed by atoms with E-state index < -0.39 is 0 Å². The van der Waals surface area contributed by atoms with E-state index in [2.05, 4.69) is 16.8 Å². The lowest BCUT2D eigenvalue weighted by molar-refractivity contribution is 0.143. The summed E-state index contributed by atoms with van der Waals surface area (Å²) in [6, 6.07) is 6.86. The Balaban J connectivity index is 1.72. The van der Waals surface area contributed by atoms with Crippen molar-refractivity contribution in [2.45, 2.75) is 62.3 Å². The molecule has 1 aromatic carbocycles. The van der Waals surface area contributed by atoms with Gasteiger partial charge in [0.25, 0.3) is 0 Å². The quantitative estimate of drug-likeness (QED) is 0.382. The standard InChI is InChI=1S/C20H28Cl2N2S2/c1-23(20(26)13-14-4-7-16(21)17(22)12-14)18-8-5-15(25)6-9-19(18)24-10-2-3-11-24/h4,7,12,15,18-19,25H,2-3,5-6,8-11,13H2,1H3. The van der Waals surface area contributed by atoms with E-state index in [1.165, 1.54) is 38.8 Å². The molecule has 0 bridgehead atoms. The minimum atomic E-state index is 0.473. The number of hydrogen-bond acceptors (Lipinski definition) is 3. The highest BCUT2D eigenvalue weighted by Crippen LogP contribution is 2.31. The first kappa shape index (κ1) is 20.7. The topological polar surface area (TPSA) is 6.48 Å². The van der Waals surface area contributed by atoms with Crippen LogP contribution in [0.4, 0.5) is 0 Å². The minimum Gasteiger partial charge on any atom is -0.364 e. The molecule has 2 nitrogen and oxygen atoms in total. The molecule has 0 amide bonds. The Labute approximate surface area is 178 Å². The summed E-state index contributed by atoms with van der Waals surface area (Å²) < 4.78 is 0. The molecule has 1 aliphatic heterocycles. The van der Waals surface area contributed by atoms with Crippen LogP contribution in [0.1, 0.15) is 44.1 Å². The van der Waals surface area contributed by atoms with Gasteiger partial charge in [-0.05, 0) is 69.3 Å². The number of nitrogens with zero attached hydrogens (tertiary/aromatic N) is 2. The van der Waals surface area contributed by atoms with Crippen LogP contribution in [0, 0.1) is 0 Å². The zero-order valence-electron chi connectivity index (χ0n) is 15.3. The molecular weight excluding hydrogens is 403 g/mol. The molecule has 1 heterocycles. The molecule has 6 heteroatoms. The van der Waals surface area contributed by atoms with Crippen LogP contribution < -0.4 is 0 Å². The van der Waals surface area contributed by atoms with E-state index in [0.29, 0.717) is 27.4 Å². The second-order valence-corrected chi connectivity index (χ2v) is 9.63. The Morgan fingerprint density at radius 1 is 1.15 bits per heavy atom. The van der Waals surface area contributed by atoms with Crippen LogP contribution in [0.3, 0.4) is 0 Å². The summed E-state index contributed by atoms with van der Waals surface area (Å²) in [5, 5.41) is 1.70. The number of likely N-dealkylation sites (N-methyl/N-ethyl adjacent to an activating group) is 1. The van der Waals surface area contributed by atoms with Gasteiger partial charge in [0.05, 0.1) is 15.0 Å². The average Bonchev–Trinajstić information content (AvgIpc) is 3.07. The number of rotatable bonds is 4. The molecule has 0 spiro atoms. The van der Waals surface area contributed by atoms with Crippen molar-refractivity contribution in [2.75, 3.05) is 20.1 Å². The molecule has 26 heavy (non-hydrogen) atoms.